The van der Waals surface area contributed by atoms with Crippen molar-refractivity contribution in [2.75, 3.05) is 0 Å². The molecule has 8 nitrogen and oxygen atoms in total. The molecule has 0 spiro atoms. The molecule has 0 saturated heterocycles. The van der Waals surface area contributed by atoms with Crippen molar-refractivity contribution in [3.05, 3.63) is 105 Å². The Morgan fingerprint density at radius 3 is 2.09 bits per heavy atom. The highest BCUT2D eigenvalue weighted by Gasteiger charge is 2.26. The Morgan fingerprint density at radius 1 is 0.884 bits per heavy atom. The molecular formula is C34H36N4O4S. The maximum Gasteiger partial charge on any atom is 0.325 e. The SMILES string of the molecule is Cc1ccc(/C=C/c2cnc(-c3ccc(C[C@H](NC(=O)c4ccc(C(C)(C)C)s4)C(=O)N[C@H](C)C(=O)O)cc3)nc2)cc1. The first-order valence-electron chi connectivity index (χ1n) is 14.0. The molecule has 4 aromatic rings. The molecule has 2 atom stereocenters. The molecule has 2 aromatic carbocycles. The first kappa shape index (κ1) is 31.3. The normalized spacial score (nSPS) is 13.0. The maximum absolute atomic E-state index is 13.1. The fraction of sp³-hybridized carbons (Fsp3) is 0.265. The highest BCUT2D eigenvalue weighted by atomic mass is 32.1. The number of hydrogen-bond acceptors (Lipinski definition) is 6. The summed E-state index contributed by atoms with van der Waals surface area (Å²) in [4.78, 5) is 48.0. The Morgan fingerprint density at radius 2 is 1.51 bits per heavy atom. The molecule has 2 heterocycles. The lowest BCUT2D eigenvalue weighted by molar-refractivity contribution is -0.141. The van der Waals surface area contributed by atoms with Crippen LogP contribution in [-0.4, -0.2) is 44.9 Å². The zero-order valence-corrected chi connectivity index (χ0v) is 25.7. The van der Waals surface area contributed by atoms with E-state index in [1.165, 1.54) is 23.8 Å². The molecule has 2 aromatic heterocycles. The Hall–Kier alpha value is -4.63. The van der Waals surface area contributed by atoms with E-state index in [1.54, 1.807) is 18.5 Å². The van der Waals surface area contributed by atoms with Gasteiger partial charge in [0.1, 0.15) is 12.1 Å². The number of benzene rings is 2. The number of hydrogen-bond donors (Lipinski definition) is 3. The number of aromatic nitrogens is 2. The number of carbonyl (C=O) groups is 3. The maximum atomic E-state index is 13.1. The van der Waals surface area contributed by atoms with Gasteiger partial charge in [-0.1, -0.05) is 87.0 Å². The number of aryl methyl sites for hydroxylation is 1. The fourth-order valence-electron chi connectivity index (χ4n) is 4.15. The van der Waals surface area contributed by atoms with Gasteiger partial charge < -0.3 is 15.7 Å². The zero-order chi connectivity index (χ0) is 31.1. The monoisotopic (exact) mass is 596 g/mol. The average Bonchev–Trinajstić information content (AvgIpc) is 3.49. The quantitative estimate of drug-likeness (QED) is 0.209. The van der Waals surface area contributed by atoms with Crippen LogP contribution in [0.5, 0.6) is 0 Å². The molecule has 0 aliphatic carbocycles. The van der Waals surface area contributed by atoms with E-state index in [9.17, 15) is 19.5 Å². The molecule has 0 unspecified atom stereocenters. The minimum absolute atomic E-state index is 0.110. The standard InChI is InChI=1S/C34H36N4O4S/c1-21-6-8-23(9-7-21)10-11-25-19-35-30(36-20-25)26-14-12-24(13-15-26)18-27(31(39)37-22(2)33(41)42)38-32(40)28-16-17-29(43-28)34(3,4)5/h6-17,19-20,22,27H,18H2,1-5H3,(H,37,39)(H,38,40)(H,41,42)/b11-10+/t22-,27+/m1/s1. The van der Waals surface area contributed by atoms with Crippen LogP contribution in [-0.2, 0) is 21.4 Å². The molecule has 0 bridgehead atoms. The van der Waals surface area contributed by atoms with Crippen LogP contribution in [0.15, 0.2) is 73.1 Å². The Kier molecular flexibility index (Phi) is 9.88. The van der Waals surface area contributed by atoms with Gasteiger partial charge in [0.25, 0.3) is 5.91 Å². The second-order valence-corrected chi connectivity index (χ2v) is 12.6. The summed E-state index contributed by atoms with van der Waals surface area (Å²) in [5.74, 6) is -1.56. The van der Waals surface area contributed by atoms with Gasteiger partial charge in [0.05, 0.1) is 4.88 Å². The van der Waals surface area contributed by atoms with E-state index in [4.69, 9.17) is 0 Å². The van der Waals surface area contributed by atoms with Crippen molar-refractivity contribution in [1.82, 2.24) is 20.6 Å². The molecule has 9 heteroatoms. The van der Waals surface area contributed by atoms with E-state index >= 15 is 0 Å². The number of aliphatic carboxylic acids is 1. The molecule has 222 valence electrons. The van der Waals surface area contributed by atoms with Gasteiger partial charge in [-0.25, -0.2) is 9.97 Å². The fourth-order valence-corrected chi connectivity index (χ4v) is 5.11. The summed E-state index contributed by atoms with van der Waals surface area (Å²) in [7, 11) is 0. The van der Waals surface area contributed by atoms with E-state index < -0.39 is 24.0 Å². The summed E-state index contributed by atoms with van der Waals surface area (Å²) < 4.78 is 0. The molecule has 2 amide bonds. The van der Waals surface area contributed by atoms with Crippen LogP contribution < -0.4 is 10.6 Å². The molecule has 0 fully saturated rings. The molecular weight excluding hydrogens is 560 g/mol. The van der Waals surface area contributed by atoms with Crippen LogP contribution in [0.1, 0.15) is 64.5 Å². The zero-order valence-electron chi connectivity index (χ0n) is 24.9. The van der Waals surface area contributed by atoms with Crippen LogP contribution in [0, 0.1) is 6.92 Å². The number of thiophene rings is 1. The molecule has 43 heavy (non-hydrogen) atoms. The van der Waals surface area contributed by atoms with Crippen molar-refractivity contribution >= 4 is 41.3 Å². The highest BCUT2D eigenvalue weighted by Crippen LogP contribution is 2.29. The summed E-state index contributed by atoms with van der Waals surface area (Å²) in [6.45, 7) is 9.63. The van der Waals surface area contributed by atoms with Crippen LogP contribution in [0.4, 0.5) is 0 Å². The van der Waals surface area contributed by atoms with Crippen molar-refractivity contribution in [2.45, 2.75) is 58.5 Å². The third-order valence-corrected chi connectivity index (χ3v) is 8.30. The smallest absolute Gasteiger partial charge is 0.325 e. The number of amides is 2. The third kappa shape index (κ3) is 8.68. The third-order valence-electron chi connectivity index (χ3n) is 6.79. The van der Waals surface area contributed by atoms with Gasteiger partial charge in [0.15, 0.2) is 5.82 Å². The van der Waals surface area contributed by atoms with Gasteiger partial charge >= 0.3 is 5.97 Å². The first-order valence-corrected chi connectivity index (χ1v) is 14.8. The number of nitrogens with zero attached hydrogens (tertiary/aromatic N) is 2. The summed E-state index contributed by atoms with van der Waals surface area (Å²) >= 11 is 1.37. The molecule has 0 aliphatic heterocycles. The van der Waals surface area contributed by atoms with Gasteiger partial charge in [0.2, 0.25) is 5.91 Å². The number of nitrogens with one attached hydrogen (secondary N) is 2. The number of carboxylic acid groups (broad SMARTS) is 1. The van der Waals surface area contributed by atoms with Gasteiger partial charge in [-0.15, -0.1) is 11.3 Å². The summed E-state index contributed by atoms with van der Waals surface area (Å²) in [5, 5.41) is 14.6. The van der Waals surface area contributed by atoms with E-state index in [0.29, 0.717) is 10.7 Å². The predicted octanol–water partition coefficient (Wildman–Crippen LogP) is 5.91. The van der Waals surface area contributed by atoms with E-state index in [2.05, 4.69) is 72.6 Å². The molecule has 0 radical (unpaired) electrons. The highest BCUT2D eigenvalue weighted by molar-refractivity contribution is 7.14. The first-order chi connectivity index (χ1) is 20.4. The molecule has 3 N–H and O–H groups in total. The lowest BCUT2D eigenvalue weighted by Crippen LogP contribution is -2.51. The lowest BCUT2D eigenvalue weighted by Gasteiger charge is -2.20. The predicted molar refractivity (Wildman–Crippen MR) is 171 cm³/mol. The number of rotatable bonds is 10. The van der Waals surface area contributed by atoms with Crippen molar-refractivity contribution < 1.29 is 19.5 Å². The Labute approximate surface area is 255 Å². The average molecular weight is 597 g/mol. The van der Waals surface area contributed by atoms with E-state index in [1.807, 2.05) is 42.5 Å². The van der Waals surface area contributed by atoms with Crippen LogP contribution >= 0.6 is 11.3 Å². The molecule has 4 rings (SSSR count). The topological polar surface area (TPSA) is 121 Å². The van der Waals surface area contributed by atoms with Crippen molar-refractivity contribution in [1.29, 1.82) is 0 Å². The number of carboxylic acids is 1. The lowest BCUT2D eigenvalue weighted by atomic mass is 9.95. The Bertz CT molecular complexity index is 1600. The minimum Gasteiger partial charge on any atom is -0.480 e. The largest absolute Gasteiger partial charge is 0.480 e. The summed E-state index contributed by atoms with van der Waals surface area (Å²) in [6, 6.07) is 17.2. The van der Waals surface area contributed by atoms with Gasteiger partial charge in [-0.2, -0.15) is 0 Å². The van der Waals surface area contributed by atoms with E-state index in [0.717, 1.165) is 27.1 Å². The van der Waals surface area contributed by atoms with Gasteiger partial charge in [0, 0.05) is 34.8 Å². The van der Waals surface area contributed by atoms with Crippen LogP contribution in [0.3, 0.4) is 0 Å². The van der Waals surface area contributed by atoms with Crippen LogP contribution in [0.25, 0.3) is 23.5 Å². The summed E-state index contributed by atoms with van der Waals surface area (Å²) in [5.41, 5.74) is 4.65. The second kappa shape index (κ2) is 13.6. The van der Waals surface area contributed by atoms with Crippen LogP contribution in [0.2, 0.25) is 0 Å². The van der Waals surface area contributed by atoms with Crippen molar-refractivity contribution in [3.63, 3.8) is 0 Å². The number of carbonyl (C=O) groups excluding carboxylic acids is 2. The van der Waals surface area contributed by atoms with Gasteiger partial charge in [-0.3, -0.25) is 14.4 Å². The molecule has 0 aliphatic rings. The minimum atomic E-state index is -1.16. The van der Waals surface area contributed by atoms with Crippen molar-refractivity contribution in [2.24, 2.45) is 0 Å². The van der Waals surface area contributed by atoms with Gasteiger partial charge in [-0.05, 0) is 42.5 Å². The Balaban J connectivity index is 1.46. The summed E-state index contributed by atoms with van der Waals surface area (Å²) in [6.07, 6.45) is 7.66. The second-order valence-electron chi connectivity index (χ2n) is 11.5. The van der Waals surface area contributed by atoms with Crippen molar-refractivity contribution in [3.8, 4) is 11.4 Å². The van der Waals surface area contributed by atoms with E-state index in [-0.39, 0.29) is 17.7 Å². The molecule has 0 saturated carbocycles.